The summed E-state index contributed by atoms with van der Waals surface area (Å²) in [5.41, 5.74) is -0.148. The number of amides is 2. The predicted molar refractivity (Wildman–Crippen MR) is 142 cm³/mol. The summed E-state index contributed by atoms with van der Waals surface area (Å²) < 4.78 is 52.5. The van der Waals surface area contributed by atoms with Crippen molar-refractivity contribution in [2.45, 2.75) is 62.7 Å². The molecule has 3 N–H and O–H groups in total. The second-order valence-electron chi connectivity index (χ2n) is 11.0. The van der Waals surface area contributed by atoms with Crippen LogP contribution < -0.4 is 5.32 Å². The molecule has 0 spiro atoms. The van der Waals surface area contributed by atoms with Crippen molar-refractivity contribution in [3.05, 3.63) is 47.7 Å². The van der Waals surface area contributed by atoms with Crippen LogP contribution in [0.4, 0.5) is 18.0 Å². The zero-order valence-electron chi connectivity index (χ0n) is 22.7. The second-order valence-corrected chi connectivity index (χ2v) is 11.0. The average molecular weight is 576 g/mol. The first-order chi connectivity index (χ1) is 19.3. The van der Waals surface area contributed by atoms with Crippen LogP contribution in [-0.4, -0.2) is 94.8 Å². The van der Waals surface area contributed by atoms with Gasteiger partial charge in [-0.15, -0.1) is 0 Å². The first-order valence-electron chi connectivity index (χ1n) is 13.2. The first kappa shape index (κ1) is 30.4. The fraction of sp³-hybridized carbons (Fsp3) is 0.519. The van der Waals surface area contributed by atoms with E-state index in [1.807, 2.05) is 0 Å². The van der Waals surface area contributed by atoms with Gasteiger partial charge >= 0.3 is 13.2 Å². The summed E-state index contributed by atoms with van der Waals surface area (Å²) in [7, 11) is -1.93. The lowest BCUT2D eigenvalue weighted by molar-refractivity contribution is -0.128. The van der Waals surface area contributed by atoms with Crippen LogP contribution in [0.1, 0.15) is 32.3 Å². The average Bonchev–Trinajstić information content (AvgIpc) is 3.61. The maximum absolute atomic E-state index is 14.4. The molecule has 220 valence electrons. The van der Waals surface area contributed by atoms with E-state index in [4.69, 9.17) is 9.15 Å². The summed E-state index contributed by atoms with van der Waals surface area (Å²) in [6.45, 7) is 2.06. The molecule has 0 bridgehead atoms. The zero-order chi connectivity index (χ0) is 29.9. The number of nitrogens with one attached hydrogen (secondary N) is 1. The van der Waals surface area contributed by atoms with Crippen LogP contribution in [0.15, 0.2) is 46.6 Å². The Hall–Kier alpha value is -3.54. The molecule has 2 aromatic rings. The monoisotopic (exact) mass is 576 g/mol. The normalized spacial score (nSPS) is 22.0. The Labute approximate surface area is 235 Å². The number of alkyl carbamates (subject to hydrolysis) is 1. The summed E-state index contributed by atoms with van der Waals surface area (Å²) in [4.78, 5) is 28.3. The molecular formula is C27H32BF3N4O6. The number of likely N-dealkylation sites (tertiary alicyclic amines) is 2. The molecule has 0 aliphatic carbocycles. The van der Waals surface area contributed by atoms with Gasteiger partial charge in [-0.3, -0.25) is 9.69 Å². The summed E-state index contributed by atoms with van der Waals surface area (Å²) >= 11 is 0. The SMILES string of the molecule is CC(C)(/C=C(\C#N)C(=O)N1C[C@@H](F)C[C@@H]1COC(=O)N[C@@H](Cc1coc2ccccc12)B(O)O)N1CCC(F)(F)C1. The van der Waals surface area contributed by atoms with Crippen LogP contribution in [0.5, 0.6) is 0 Å². The van der Waals surface area contributed by atoms with Gasteiger partial charge in [0.1, 0.15) is 30.0 Å². The number of carbonyl (C=O) groups excluding carboxylic acids is 2. The van der Waals surface area contributed by atoms with Crippen LogP contribution in [0.25, 0.3) is 11.0 Å². The van der Waals surface area contributed by atoms with E-state index in [1.54, 1.807) is 44.2 Å². The number of ether oxygens (including phenoxy) is 1. The number of hydrogen-bond acceptors (Lipinski definition) is 8. The molecule has 14 heteroatoms. The number of carbonyl (C=O) groups is 2. The fourth-order valence-corrected chi connectivity index (χ4v) is 5.26. The number of fused-ring (bicyclic) bond motifs is 1. The highest BCUT2D eigenvalue weighted by atomic mass is 19.3. The summed E-state index contributed by atoms with van der Waals surface area (Å²) in [6, 6.07) is 8.02. The number of furan rings is 1. The topological polar surface area (TPSA) is 139 Å². The Bertz CT molecular complexity index is 1340. The van der Waals surface area contributed by atoms with Crippen molar-refractivity contribution < 1.29 is 42.0 Å². The highest BCUT2D eigenvalue weighted by Crippen LogP contribution is 2.33. The Morgan fingerprint density at radius 2 is 2.10 bits per heavy atom. The molecule has 4 rings (SSSR count). The summed E-state index contributed by atoms with van der Waals surface area (Å²) in [5.74, 6) is -4.82. The van der Waals surface area contributed by atoms with E-state index in [2.05, 4.69) is 5.32 Å². The maximum atomic E-state index is 14.4. The van der Waals surface area contributed by atoms with Crippen LogP contribution >= 0.6 is 0 Å². The largest absolute Gasteiger partial charge is 0.475 e. The third-order valence-electron chi connectivity index (χ3n) is 7.53. The molecule has 0 unspecified atom stereocenters. The fourth-order valence-electron chi connectivity index (χ4n) is 5.26. The Morgan fingerprint density at radius 1 is 1.37 bits per heavy atom. The maximum Gasteiger partial charge on any atom is 0.475 e. The van der Waals surface area contributed by atoms with Gasteiger partial charge < -0.3 is 29.4 Å². The molecule has 1 aromatic carbocycles. The number of para-hydroxylation sites is 1. The molecule has 2 fully saturated rings. The van der Waals surface area contributed by atoms with E-state index in [-0.39, 0.29) is 37.9 Å². The Balaban J connectivity index is 1.38. The molecule has 1 aromatic heterocycles. The van der Waals surface area contributed by atoms with Crippen molar-refractivity contribution in [1.29, 1.82) is 5.26 Å². The number of benzene rings is 1. The minimum absolute atomic E-state index is 0.0133. The highest BCUT2D eigenvalue weighted by Gasteiger charge is 2.44. The number of hydrogen-bond donors (Lipinski definition) is 3. The summed E-state index contributed by atoms with van der Waals surface area (Å²) in [6.07, 6.45) is -0.150. The second kappa shape index (κ2) is 12.1. The molecule has 3 atom stereocenters. The van der Waals surface area contributed by atoms with E-state index in [1.165, 1.54) is 17.2 Å². The van der Waals surface area contributed by atoms with Gasteiger partial charge in [-0.1, -0.05) is 18.2 Å². The number of rotatable bonds is 9. The lowest BCUT2D eigenvalue weighted by Gasteiger charge is -2.33. The van der Waals surface area contributed by atoms with Crippen molar-refractivity contribution in [1.82, 2.24) is 15.1 Å². The van der Waals surface area contributed by atoms with Gasteiger partial charge in [0.25, 0.3) is 11.8 Å². The lowest BCUT2D eigenvalue weighted by Crippen LogP contribution is -2.49. The van der Waals surface area contributed by atoms with Crippen LogP contribution in [-0.2, 0) is 16.0 Å². The minimum atomic E-state index is -2.86. The van der Waals surface area contributed by atoms with Crippen LogP contribution in [0.3, 0.4) is 0 Å². The molecule has 41 heavy (non-hydrogen) atoms. The van der Waals surface area contributed by atoms with Gasteiger partial charge in [0.05, 0.1) is 31.3 Å². The van der Waals surface area contributed by atoms with E-state index >= 15 is 0 Å². The third-order valence-corrected chi connectivity index (χ3v) is 7.53. The van der Waals surface area contributed by atoms with Crippen molar-refractivity contribution in [3.8, 4) is 6.07 Å². The third kappa shape index (κ3) is 7.22. The van der Waals surface area contributed by atoms with Crippen LogP contribution in [0, 0.1) is 11.3 Å². The molecule has 3 heterocycles. The highest BCUT2D eigenvalue weighted by molar-refractivity contribution is 6.43. The first-order valence-corrected chi connectivity index (χ1v) is 13.2. The van der Waals surface area contributed by atoms with Gasteiger partial charge in [-0.05, 0) is 38.0 Å². The van der Waals surface area contributed by atoms with E-state index in [9.17, 15) is 38.1 Å². The van der Waals surface area contributed by atoms with E-state index in [0.29, 0.717) is 11.1 Å². The standard InChI is InChI=1S/C27H32BF3N4O6/c1-26(2,34-8-7-27(30,31)16-34)11-18(12-32)24(36)35-13-19(29)10-20(35)15-41-25(37)33-23(28(38)39)9-17-14-40-22-6-4-3-5-21(17)22/h3-6,11,14,19-20,23,38-39H,7-10,13,15-16H2,1-2H3,(H,33,37)/b18-11+/t19-,20+,23-/m0/s1. The van der Waals surface area contributed by atoms with E-state index < -0.39 is 61.9 Å². The molecule has 2 aliphatic heterocycles. The molecular weight excluding hydrogens is 544 g/mol. The predicted octanol–water partition coefficient (Wildman–Crippen LogP) is 2.59. The molecule has 0 saturated carbocycles. The Morgan fingerprint density at radius 3 is 2.76 bits per heavy atom. The molecule has 2 amide bonds. The van der Waals surface area contributed by atoms with Gasteiger partial charge in [-0.25, -0.2) is 18.0 Å². The van der Waals surface area contributed by atoms with E-state index in [0.717, 1.165) is 10.3 Å². The molecule has 2 saturated heterocycles. The number of halogens is 3. The number of nitriles is 1. The lowest BCUT2D eigenvalue weighted by atomic mass is 9.76. The minimum Gasteiger partial charge on any atom is -0.464 e. The smallest absolute Gasteiger partial charge is 0.464 e. The Kier molecular flexibility index (Phi) is 9.01. The van der Waals surface area contributed by atoms with Gasteiger partial charge in [0.2, 0.25) is 0 Å². The molecule has 0 radical (unpaired) electrons. The van der Waals surface area contributed by atoms with Crippen molar-refractivity contribution in [2.24, 2.45) is 0 Å². The van der Waals surface area contributed by atoms with Gasteiger partial charge in [0, 0.05) is 30.3 Å². The van der Waals surface area contributed by atoms with Gasteiger partial charge in [-0.2, -0.15) is 5.26 Å². The number of nitrogens with zero attached hydrogens (tertiary/aromatic N) is 3. The van der Waals surface area contributed by atoms with Crippen LogP contribution in [0.2, 0.25) is 0 Å². The number of alkyl halides is 3. The quantitative estimate of drug-likeness (QED) is 0.235. The summed E-state index contributed by atoms with van der Waals surface area (Å²) in [5, 5.41) is 32.4. The molecule has 10 nitrogen and oxygen atoms in total. The zero-order valence-corrected chi connectivity index (χ0v) is 22.7. The molecule has 2 aliphatic rings. The van der Waals surface area contributed by atoms with Crippen molar-refractivity contribution in [2.75, 3.05) is 26.2 Å². The van der Waals surface area contributed by atoms with Crippen molar-refractivity contribution >= 4 is 30.1 Å². The van der Waals surface area contributed by atoms with Gasteiger partial charge in [0.15, 0.2) is 0 Å². The van der Waals surface area contributed by atoms with Crippen molar-refractivity contribution in [3.63, 3.8) is 0 Å².